The van der Waals surface area contributed by atoms with Crippen LogP contribution in [-0.4, -0.2) is 54.3 Å². The predicted octanol–water partition coefficient (Wildman–Crippen LogP) is 4.98. The molecule has 3 aromatic rings. The van der Waals surface area contributed by atoms with Gasteiger partial charge < -0.3 is 25.2 Å². The van der Waals surface area contributed by atoms with Crippen molar-refractivity contribution in [3.05, 3.63) is 53.7 Å². The Balaban J connectivity index is 1.32. The van der Waals surface area contributed by atoms with Gasteiger partial charge in [-0.2, -0.15) is 5.26 Å². The highest BCUT2D eigenvalue weighted by Crippen LogP contribution is 2.50. The summed E-state index contributed by atoms with van der Waals surface area (Å²) in [6, 6.07) is 10.9. The first-order chi connectivity index (χ1) is 18.9. The maximum atomic E-state index is 15.3. The van der Waals surface area contributed by atoms with Crippen molar-refractivity contribution in [1.29, 1.82) is 5.26 Å². The van der Waals surface area contributed by atoms with Crippen molar-refractivity contribution in [3.8, 4) is 23.1 Å². The van der Waals surface area contributed by atoms with Crippen LogP contribution in [0.25, 0.3) is 11.3 Å². The number of anilines is 4. The Morgan fingerprint density at radius 3 is 2.59 bits per heavy atom. The number of ether oxygens (including phenoxy) is 1. The van der Waals surface area contributed by atoms with E-state index in [2.05, 4.69) is 50.3 Å². The molecule has 0 amide bonds. The average Bonchev–Trinajstić information content (AvgIpc) is 2.92. The van der Waals surface area contributed by atoms with Crippen molar-refractivity contribution in [2.75, 3.05) is 47.9 Å². The molecule has 2 aromatic carbocycles. The summed E-state index contributed by atoms with van der Waals surface area (Å²) in [7, 11) is 0. The van der Waals surface area contributed by atoms with Crippen molar-refractivity contribution in [2.45, 2.75) is 44.7 Å². The fourth-order valence-electron chi connectivity index (χ4n) is 6.01. The van der Waals surface area contributed by atoms with Gasteiger partial charge >= 0.3 is 0 Å². The van der Waals surface area contributed by atoms with Crippen molar-refractivity contribution in [3.63, 3.8) is 0 Å². The van der Waals surface area contributed by atoms with E-state index in [4.69, 9.17) is 4.74 Å². The topological polar surface area (TPSA) is 89.3 Å². The lowest BCUT2D eigenvalue weighted by molar-refractivity contribution is 0.105. The van der Waals surface area contributed by atoms with Crippen molar-refractivity contribution < 1.29 is 13.5 Å². The Morgan fingerprint density at radius 1 is 1.10 bits per heavy atom. The number of piperazine rings is 1. The molecule has 2 N–H and O–H groups in total. The molecule has 10 heteroatoms. The molecule has 1 spiro atoms. The van der Waals surface area contributed by atoms with Gasteiger partial charge in [-0.1, -0.05) is 0 Å². The molecule has 202 valence electrons. The van der Waals surface area contributed by atoms with Gasteiger partial charge in [-0.15, -0.1) is 0 Å². The van der Waals surface area contributed by atoms with Gasteiger partial charge in [0, 0.05) is 43.5 Å². The first kappa shape index (κ1) is 25.3. The molecule has 3 aliphatic rings. The van der Waals surface area contributed by atoms with Gasteiger partial charge in [0.15, 0.2) is 17.4 Å². The highest BCUT2D eigenvalue weighted by Gasteiger charge is 2.48. The van der Waals surface area contributed by atoms with Gasteiger partial charge in [0.25, 0.3) is 0 Å². The van der Waals surface area contributed by atoms with E-state index in [-0.39, 0.29) is 29.0 Å². The van der Waals surface area contributed by atoms with Gasteiger partial charge in [-0.3, -0.25) is 0 Å². The molecule has 2 aliphatic heterocycles. The maximum Gasteiger partial charge on any atom is 0.227 e. The van der Waals surface area contributed by atoms with Crippen LogP contribution in [0, 0.1) is 23.0 Å². The number of nitrogens with zero attached hydrogens (tertiary/aromatic N) is 5. The van der Waals surface area contributed by atoms with E-state index in [9.17, 15) is 5.26 Å². The summed E-state index contributed by atoms with van der Waals surface area (Å²) >= 11 is 0. The van der Waals surface area contributed by atoms with Crippen LogP contribution in [0.3, 0.4) is 0 Å². The second-order valence-electron chi connectivity index (χ2n) is 10.7. The number of hydrogen-bond donors (Lipinski definition) is 2. The van der Waals surface area contributed by atoms with Crippen molar-refractivity contribution in [2.24, 2.45) is 0 Å². The minimum Gasteiger partial charge on any atom is -0.486 e. The summed E-state index contributed by atoms with van der Waals surface area (Å²) in [5.74, 6) is -0.850. The summed E-state index contributed by atoms with van der Waals surface area (Å²) in [4.78, 5) is 12.9. The van der Waals surface area contributed by atoms with E-state index in [1.807, 2.05) is 12.1 Å². The summed E-state index contributed by atoms with van der Waals surface area (Å²) in [6.45, 7) is 7.98. The fraction of sp³-hybridized carbons (Fsp3) is 0.414. The predicted molar refractivity (Wildman–Crippen MR) is 147 cm³/mol. The minimum absolute atomic E-state index is 0.0101. The Bertz CT molecular complexity index is 1440. The van der Waals surface area contributed by atoms with Crippen LogP contribution < -0.4 is 25.2 Å². The molecular weight excluding hydrogens is 500 g/mol. The summed E-state index contributed by atoms with van der Waals surface area (Å²) in [5, 5.41) is 16.2. The molecule has 8 nitrogen and oxygen atoms in total. The van der Waals surface area contributed by atoms with Gasteiger partial charge in [0.2, 0.25) is 5.95 Å². The SMILES string of the molecule is CC(C)N1c2cc(-c3nc(Nc4ccc(N5CCNCC5)c(C#N)c4)ncc3F)cc(F)c2OCC12CCC2. The molecule has 0 radical (unpaired) electrons. The Labute approximate surface area is 226 Å². The monoisotopic (exact) mass is 531 g/mol. The number of fused-ring (bicyclic) bond motifs is 1. The number of halogens is 2. The second-order valence-corrected chi connectivity index (χ2v) is 10.7. The lowest BCUT2D eigenvalue weighted by Crippen LogP contribution is -2.62. The van der Waals surface area contributed by atoms with Crippen LogP contribution in [-0.2, 0) is 0 Å². The Morgan fingerprint density at radius 2 is 1.90 bits per heavy atom. The number of rotatable bonds is 5. The Hall–Kier alpha value is -3.97. The quantitative estimate of drug-likeness (QED) is 0.477. The lowest BCUT2D eigenvalue weighted by Gasteiger charge is -2.55. The van der Waals surface area contributed by atoms with E-state index < -0.39 is 11.6 Å². The number of nitrogens with one attached hydrogen (secondary N) is 2. The molecule has 2 fully saturated rings. The first-order valence-electron chi connectivity index (χ1n) is 13.4. The van der Waals surface area contributed by atoms with Gasteiger partial charge in [-0.25, -0.2) is 18.7 Å². The second kappa shape index (κ2) is 9.97. The Kier molecular flexibility index (Phi) is 6.47. The van der Waals surface area contributed by atoms with E-state index in [1.54, 1.807) is 12.1 Å². The number of nitriles is 1. The van der Waals surface area contributed by atoms with Gasteiger partial charge in [-0.05, 0) is 63.4 Å². The minimum atomic E-state index is -0.655. The van der Waals surface area contributed by atoms with Crippen LogP contribution >= 0.6 is 0 Å². The molecule has 1 aliphatic carbocycles. The fourth-order valence-corrected chi connectivity index (χ4v) is 6.01. The third kappa shape index (κ3) is 4.51. The normalized spacial score (nSPS) is 17.8. The molecule has 0 atom stereocenters. The molecular formula is C29H31F2N7O. The lowest BCUT2D eigenvalue weighted by atomic mass is 9.74. The summed E-state index contributed by atoms with van der Waals surface area (Å²) in [5.41, 5.74) is 2.77. The van der Waals surface area contributed by atoms with E-state index >= 15 is 8.78 Å². The number of hydrogen-bond acceptors (Lipinski definition) is 8. The molecule has 3 heterocycles. The zero-order valence-electron chi connectivity index (χ0n) is 22.1. The zero-order chi connectivity index (χ0) is 27.1. The zero-order valence-corrected chi connectivity index (χ0v) is 22.1. The largest absolute Gasteiger partial charge is 0.486 e. The number of aromatic nitrogens is 2. The standard InChI is InChI=1S/C29H31F2N7O/c1-18(2)38-25-14-19(13-22(30)27(25)39-17-29(38)6-3-7-29)26-23(31)16-34-28(36-26)35-21-4-5-24(20(12-21)15-32)37-10-8-33-9-11-37/h4-5,12-14,16,18,33H,3,6-11,17H2,1-2H3,(H,34,35,36). The van der Waals surface area contributed by atoms with Crippen LogP contribution in [0.5, 0.6) is 5.75 Å². The van der Waals surface area contributed by atoms with Crippen LogP contribution in [0.15, 0.2) is 36.5 Å². The highest BCUT2D eigenvalue weighted by atomic mass is 19.1. The maximum absolute atomic E-state index is 15.3. The molecule has 1 saturated carbocycles. The molecule has 0 unspecified atom stereocenters. The highest BCUT2D eigenvalue weighted by molar-refractivity contribution is 5.74. The molecule has 6 rings (SSSR count). The van der Waals surface area contributed by atoms with Crippen LogP contribution in [0.1, 0.15) is 38.7 Å². The molecule has 39 heavy (non-hydrogen) atoms. The van der Waals surface area contributed by atoms with E-state index in [0.29, 0.717) is 29.1 Å². The van der Waals surface area contributed by atoms with E-state index in [0.717, 1.165) is 57.3 Å². The van der Waals surface area contributed by atoms with Crippen molar-refractivity contribution in [1.82, 2.24) is 15.3 Å². The van der Waals surface area contributed by atoms with Gasteiger partial charge in [0.05, 0.1) is 28.7 Å². The first-order valence-corrected chi connectivity index (χ1v) is 13.4. The molecule has 1 saturated heterocycles. The average molecular weight is 532 g/mol. The third-order valence-corrected chi connectivity index (χ3v) is 7.93. The molecule has 1 aromatic heterocycles. The van der Waals surface area contributed by atoms with Gasteiger partial charge in [0.1, 0.15) is 18.4 Å². The molecule has 0 bridgehead atoms. The third-order valence-electron chi connectivity index (χ3n) is 7.93. The summed E-state index contributed by atoms with van der Waals surface area (Å²) in [6.07, 6.45) is 4.13. The van der Waals surface area contributed by atoms with Crippen LogP contribution in [0.4, 0.5) is 31.8 Å². The smallest absolute Gasteiger partial charge is 0.227 e. The van der Waals surface area contributed by atoms with Crippen LogP contribution in [0.2, 0.25) is 0 Å². The number of benzene rings is 2. The van der Waals surface area contributed by atoms with E-state index in [1.165, 1.54) is 6.07 Å². The van der Waals surface area contributed by atoms with Crippen molar-refractivity contribution >= 4 is 23.0 Å². The summed E-state index contributed by atoms with van der Waals surface area (Å²) < 4.78 is 36.3.